The second-order valence-electron chi connectivity index (χ2n) is 3.70. The van der Waals surface area contributed by atoms with E-state index in [-0.39, 0.29) is 17.3 Å². The maximum atomic E-state index is 13.4. The van der Waals surface area contributed by atoms with E-state index in [9.17, 15) is 13.2 Å². The van der Waals surface area contributed by atoms with Gasteiger partial charge in [-0.1, -0.05) is 11.6 Å². The first-order valence-electron chi connectivity index (χ1n) is 5.15. The zero-order valence-electron chi connectivity index (χ0n) is 9.35. The van der Waals surface area contributed by atoms with Crippen LogP contribution in [0.5, 0.6) is 0 Å². The highest BCUT2D eigenvalue weighted by atomic mass is 79.9. The molecule has 7 heteroatoms. The molecular formula is C12H7BrClF3N2. The summed E-state index contributed by atoms with van der Waals surface area (Å²) in [6.45, 7) is -0.0408. The van der Waals surface area contributed by atoms with Crippen molar-refractivity contribution in [1.82, 2.24) is 4.98 Å². The number of halogens is 5. The number of nitrogens with one attached hydrogen (secondary N) is 1. The van der Waals surface area contributed by atoms with E-state index in [0.717, 1.165) is 6.07 Å². The molecule has 1 heterocycles. The molecule has 0 saturated carbocycles. The zero-order valence-corrected chi connectivity index (χ0v) is 11.7. The summed E-state index contributed by atoms with van der Waals surface area (Å²) < 4.78 is 39.9. The summed E-state index contributed by atoms with van der Waals surface area (Å²) in [4.78, 5) is 3.87. The van der Waals surface area contributed by atoms with Crippen molar-refractivity contribution in [2.24, 2.45) is 0 Å². The van der Waals surface area contributed by atoms with Crippen LogP contribution in [-0.4, -0.2) is 4.98 Å². The Morgan fingerprint density at radius 1 is 1.11 bits per heavy atom. The Morgan fingerprint density at radius 2 is 1.79 bits per heavy atom. The van der Waals surface area contributed by atoms with E-state index in [0.29, 0.717) is 16.2 Å². The number of benzene rings is 1. The minimum absolute atomic E-state index is 0.00468. The fourth-order valence-electron chi connectivity index (χ4n) is 1.44. The Balaban J connectivity index is 2.19. The van der Waals surface area contributed by atoms with Gasteiger partial charge in [-0.2, -0.15) is 0 Å². The molecule has 2 aromatic rings. The summed E-state index contributed by atoms with van der Waals surface area (Å²) in [5.41, 5.74) is 0.454. The normalized spacial score (nSPS) is 10.6. The van der Waals surface area contributed by atoms with E-state index < -0.39 is 17.5 Å². The van der Waals surface area contributed by atoms with Crippen molar-refractivity contribution >= 4 is 33.2 Å². The van der Waals surface area contributed by atoms with Crippen LogP contribution in [0.2, 0.25) is 5.15 Å². The highest BCUT2D eigenvalue weighted by Crippen LogP contribution is 2.24. The molecule has 1 aromatic heterocycles. The zero-order chi connectivity index (χ0) is 14.0. The van der Waals surface area contributed by atoms with Crippen molar-refractivity contribution in [2.75, 3.05) is 5.32 Å². The van der Waals surface area contributed by atoms with Gasteiger partial charge in [-0.25, -0.2) is 18.2 Å². The largest absolute Gasteiger partial charge is 0.378 e. The Labute approximate surface area is 120 Å². The van der Waals surface area contributed by atoms with Crippen LogP contribution in [0, 0.1) is 17.5 Å². The number of anilines is 1. The van der Waals surface area contributed by atoms with E-state index in [4.69, 9.17) is 11.6 Å². The molecule has 2 rings (SSSR count). The van der Waals surface area contributed by atoms with Gasteiger partial charge < -0.3 is 5.32 Å². The van der Waals surface area contributed by atoms with Crippen LogP contribution >= 0.6 is 27.5 Å². The van der Waals surface area contributed by atoms with Crippen LogP contribution in [0.3, 0.4) is 0 Å². The summed E-state index contributed by atoms with van der Waals surface area (Å²) in [7, 11) is 0. The minimum Gasteiger partial charge on any atom is -0.378 e. The third-order valence-corrected chi connectivity index (χ3v) is 3.10. The number of hydrogen-bond donors (Lipinski definition) is 1. The Hall–Kier alpha value is -1.27. The molecule has 1 N–H and O–H groups in total. The van der Waals surface area contributed by atoms with Crippen molar-refractivity contribution in [1.29, 1.82) is 0 Å². The first kappa shape index (κ1) is 14.1. The molecule has 19 heavy (non-hydrogen) atoms. The third-order valence-electron chi connectivity index (χ3n) is 2.36. The second kappa shape index (κ2) is 5.79. The maximum absolute atomic E-state index is 13.4. The first-order chi connectivity index (χ1) is 8.97. The van der Waals surface area contributed by atoms with Crippen molar-refractivity contribution in [2.45, 2.75) is 6.54 Å². The van der Waals surface area contributed by atoms with Crippen molar-refractivity contribution < 1.29 is 13.2 Å². The molecule has 0 bridgehead atoms. The van der Waals surface area contributed by atoms with Crippen molar-refractivity contribution in [3.05, 3.63) is 57.0 Å². The number of aromatic nitrogens is 1. The van der Waals surface area contributed by atoms with E-state index >= 15 is 0 Å². The van der Waals surface area contributed by atoms with Crippen LogP contribution < -0.4 is 5.32 Å². The van der Waals surface area contributed by atoms with Gasteiger partial charge in [0.25, 0.3) is 0 Å². The van der Waals surface area contributed by atoms with Gasteiger partial charge >= 0.3 is 0 Å². The van der Waals surface area contributed by atoms with Gasteiger partial charge in [-0.05, 0) is 28.1 Å². The molecule has 0 fully saturated rings. The van der Waals surface area contributed by atoms with Crippen LogP contribution in [0.25, 0.3) is 0 Å². The Kier molecular flexibility index (Phi) is 4.31. The lowest BCUT2D eigenvalue weighted by molar-refractivity contribution is 0.490. The monoisotopic (exact) mass is 350 g/mol. The minimum atomic E-state index is -1.22. The molecule has 0 radical (unpaired) electrons. The molecule has 0 aliphatic rings. The molecular weight excluding hydrogens is 344 g/mol. The van der Waals surface area contributed by atoms with E-state index in [1.165, 1.54) is 6.20 Å². The van der Waals surface area contributed by atoms with E-state index in [2.05, 4.69) is 26.2 Å². The molecule has 0 aliphatic heterocycles. The third kappa shape index (κ3) is 3.39. The van der Waals surface area contributed by atoms with Crippen molar-refractivity contribution in [3.8, 4) is 0 Å². The number of hydrogen-bond acceptors (Lipinski definition) is 2. The topological polar surface area (TPSA) is 24.9 Å². The highest BCUT2D eigenvalue weighted by Gasteiger charge is 2.10. The van der Waals surface area contributed by atoms with Gasteiger partial charge in [0.15, 0.2) is 16.8 Å². The summed E-state index contributed by atoms with van der Waals surface area (Å²) in [5.74, 6) is -3.15. The molecule has 0 aliphatic carbocycles. The SMILES string of the molecule is Fc1cc(F)c(CNc2cc(Br)cnc2Cl)cc1F. The van der Waals surface area contributed by atoms with Crippen molar-refractivity contribution in [3.63, 3.8) is 0 Å². The summed E-state index contributed by atoms with van der Waals surface area (Å²) in [6.07, 6.45) is 1.51. The number of nitrogens with zero attached hydrogens (tertiary/aromatic N) is 1. The van der Waals surface area contributed by atoms with Gasteiger partial charge in [0.05, 0.1) is 5.69 Å². The molecule has 100 valence electrons. The lowest BCUT2D eigenvalue weighted by Crippen LogP contribution is -2.04. The lowest BCUT2D eigenvalue weighted by atomic mass is 10.2. The Bertz CT molecular complexity index is 622. The number of pyridine rings is 1. The molecule has 0 unspecified atom stereocenters. The van der Waals surface area contributed by atoms with E-state index in [1.54, 1.807) is 6.07 Å². The molecule has 1 aromatic carbocycles. The molecule has 0 spiro atoms. The van der Waals surface area contributed by atoms with Crippen LogP contribution in [-0.2, 0) is 6.54 Å². The quantitative estimate of drug-likeness (QED) is 0.649. The number of rotatable bonds is 3. The average Bonchev–Trinajstić information content (AvgIpc) is 2.36. The molecule has 0 atom stereocenters. The smallest absolute Gasteiger partial charge is 0.161 e. The van der Waals surface area contributed by atoms with Crippen LogP contribution in [0.15, 0.2) is 28.9 Å². The average molecular weight is 352 g/mol. The molecule has 0 amide bonds. The van der Waals surface area contributed by atoms with Crippen LogP contribution in [0.4, 0.5) is 18.9 Å². The summed E-state index contributed by atoms with van der Waals surface area (Å²) in [5, 5.41) is 3.00. The molecule has 2 nitrogen and oxygen atoms in total. The summed E-state index contributed by atoms with van der Waals surface area (Å²) >= 11 is 9.05. The second-order valence-corrected chi connectivity index (χ2v) is 4.98. The first-order valence-corrected chi connectivity index (χ1v) is 6.33. The van der Waals surface area contributed by atoms with Gasteiger partial charge in [-0.3, -0.25) is 0 Å². The molecule has 0 saturated heterocycles. The Morgan fingerprint density at radius 3 is 2.53 bits per heavy atom. The van der Waals surface area contributed by atoms with Gasteiger partial charge in [0.1, 0.15) is 5.82 Å². The predicted octanol–water partition coefficient (Wildman–Crippen LogP) is 4.53. The van der Waals surface area contributed by atoms with Crippen LogP contribution in [0.1, 0.15) is 5.56 Å². The van der Waals surface area contributed by atoms with Gasteiger partial charge in [0.2, 0.25) is 0 Å². The highest BCUT2D eigenvalue weighted by molar-refractivity contribution is 9.10. The maximum Gasteiger partial charge on any atom is 0.161 e. The fourth-order valence-corrected chi connectivity index (χ4v) is 1.94. The summed E-state index contributed by atoms with van der Waals surface area (Å²) in [6, 6.07) is 2.96. The van der Waals surface area contributed by atoms with Gasteiger partial charge in [0, 0.05) is 28.8 Å². The standard InChI is InChI=1S/C12H7BrClF3N2/c13-7-2-11(12(14)19-5-7)18-4-6-1-9(16)10(17)3-8(6)15/h1-3,5,18H,4H2. The van der Waals surface area contributed by atoms with Gasteiger partial charge in [-0.15, -0.1) is 0 Å². The predicted molar refractivity (Wildman–Crippen MR) is 70.6 cm³/mol. The lowest BCUT2D eigenvalue weighted by Gasteiger charge is -2.09. The fraction of sp³-hybridized carbons (Fsp3) is 0.0833. The van der Waals surface area contributed by atoms with E-state index in [1.807, 2.05) is 0 Å².